The van der Waals surface area contributed by atoms with E-state index in [1.807, 2.05) is 42.5 Å². The Hall–Kier alpha value is -3.85. The summed E-state index contributed by atoms with van der Waals surface area (Å²) < 4.78 is 12.6. The predicted molar refractivity (Wildman–Crippen MR) is 124 cm³/mol. The summed E-state index contributed by atoms with van der Waals surface area (Å²) >= 11 is 0. The van der Waals surface area contributed by atoms with Gasteiger partial charge in [0.15, 0.2) is 23.0 Å². The lowest BCUT2D eigenvalue weighted by atomic mass is 9.82. The molecule has 0 saturated heterocycles. The number of nitrogens with one attached hydrogen (secondary N) is 1. The van der Waals surface area contributed by atoms with Gasteiger partial charge in [0.25, 0.3) is 0 Å². The third kappa shape index (κ3) is 2.63. The Bertz CT molecular complexity index is 1380. The highest BCUT2D eigenvalue weighted by Crippen LogP contribution is 2.55. The molecule has 0 fully saturated rings. The van der Waals surface area contributed by atoms with Crippen molar-refractivity contribution in [3.63, 3.8) is 0 Å². The fourth-order valence-corrected chi connectivity index (χ4v) is 4.76. The van der Waals surface area contributed by atoms with Crippen molar-refractivity contribution in [1.29, 1.82) is 5.41 Å². The molecule has 3 heteroatoms. The normalized spacial score (nSPS) is 14.4. The summed E-state index contributed by atoms with van der Waals surface area (Å²) in [6, 6.07) is 26.7. The number of benzene rings is 4. The van der Waals surface area contributed by atoms with Crippen molar-refractivity contribution >= 4 is 6.21 Å². The first kappa shape index (κ1) is 18.0. The molecule has 1 aliphatic carbocycles. The average molecular weight is 403 g/mol. The summed E-state index contributed by atoms with van der Waals surface area (Å²) in [7, 11) is 0. The summed E-state index contributed by atoms with van der Waals surface area (Å²) in [5.74, 6) is 2.92. The highest BCUT2D eigenvalue weighted by molar-refractivity contribution is 5.84. The Morgan fingerprint density at radius 1 is 0.645 bits per heavy atom. The molecule has 0 saturated carbocycles. The molecular formula is C28H21NO2. The van der Waals surface area contributed by atoms with E-state index in [0.29, 0.717) is 11.5 Å². The van der Waals surface area contributed by atoms with Crippen LogP contribution in [0.25, 0.3) is 22.3 Å². The zero-order valence-corrected chi connectivity index (χ0v) is 17.4. The van der Waals surface area contributed by atoms with Crippen molar-refractivity contribution in [2.24, 2.45) is 0 Å². The van der Waals surface area contributed by atoms with Crippen LogP contribution in [0.4, 0.5) is 0 Å². The molecule has 0 unspecified atom stereocenters. The van der Waals surface area contributed by atoms with Gasteiger partial charge in [-0.2, -0.15) is 0 Å². The topological polar surface area (TPSA) is 42.3 Å². The van der Waals surface area contributed by atoms with E-state index in [1.165, 1.54) is 28.5 Å². The lowest BCUT2D eigenvalue weighted by Gasteiger charge is -2.25. The fraction of sp³-hybridized carbons (Fsp3) is 0.107. The van der Waals surface area contributed by atoms with Crippen LogP contribution in [-0.4, -0.2) is 6.21 Å². The first-order valence-corrected chi connectivity index (χ1v) is 10.4. The lowest BCUT2D eigenvalue weighted by Crippen LogP contribution is -2.15. The van der Waals surface area contributed by atoms with E-state index >= 15 is 0 Å². The van der Waals surface area contributed by atoms with Gasteiger partial charge in [-0.15, -0.1) is 0 Å². The Labute approximate surface area is 181 Å². The Balaban J connectivity index is 1.43. The van der Waals surface area contributed by atoms with Gasteiger partial charge in [0.1, 0.15) is 0 Å². The monoisotopic (exact) mass is 403 g/mol. The van der Waals surface area contributed by atoms with Gasteiger partial charge >= 0.3 is 0 Å². The molecule has 1 heterocycles. The standard InChI is InChI=1S/C28H21NO2/c1-28(2)22-9-4-3-8-20(22)21-14-26-27(15-23(21)28)30-24-11-10-19(13-25(24)31-26)18-7-5-6-17(12-18)16-29/h3-16,29H,1-2H3. The van der Waals surface area contributed by atoms with Crippen LogP contribution in [0, 0.1) is 5.41 Å². The molecule has 0 radical (unpaired) electrons. The van der Waals surface area contributed by atoms with Gasteiger partial charge in [-0.25, -0.2) is 0 Å². The summed E-state index contributed by atoms with van der Waals surface area (Å²) in [6.07, 6.45) is 1.36. The highest BCUT2D eigenvalue weighted by atomic mass is 16.6. The smallest absolute Gasteiger partial charge is 0.170 e. The summed E-state index contributed by atoms with van der Waals surface area (Å²) in [6.45, 7) is 4.52. The van der Waals surface area contributed by atoms with Crippen molar-refractivity contribution in [1.82, 2.24) is 0 Å². The van der Waals surface area contributed by atoms with E-state index in [0.717, 1.165) is 28.2 Å². The maximum atomic E-state index is 7.51. The van der Waals surface area contributed by atoms with Gasteiger partial charge < -0.3 is 14.9 Å². The molecule has 4 aromatic rings. The zero-order valence-electron chi connectivity index (χ0n) is 17.4. The van der Waals surface area contributed by atoms with Crippen LogP contribution in [-0.2, 0) is 5.41 Å². The van der Waals surface area contributed by atoms with E-state index in [-0.39, 0.29) is 5.41 Å². The minimum Gasteiger partial charge on any atom is -0.450 e. The Morgan fingerprint density at radius 2 is 1.39 bits per heavy atom. The van der Waals surface area contributed by atoms with Gasteiger partial charge in [-0.1, -0.05) is 62.4 Å². The molecule has 1 aliphatic heterocycles. The van der Waals surface area contributed by atoms with Gasteiger partial charge in [0.05, 0.1) is 0 Å². The van der Waals surface area contributed by atoms with Crippen molar-refractivity contribution in [3.05, 3.63) is 95.6 Å². The number of hydrogen-bond donors (Lipinski definition) is 1. The molecular weight excluding hydrogens is 382 g/mol. The minimum atomic E-state index is -0.0751. The predicted octanol–water partition coefficient (Wildman–Crippen LogP) is 7.56. The summed E-state index contributed by atoms with van der Waals surface area (Å²) in [5.41, 5.74) is 7.93. The molecule has 0 aromatic heterocycles. The summed E-state index contributed by atoms with van der Waals surface area (Å²) in [4.78, 5) is 0. The molecule has 4 aromatic carbocycles. The third-order valence-electron chi connectivity index (χ3n) is 6.42. The molecule has 0 bridgehead atoms. The van der Waals surface area contributed by atoms with E-state index in [2.05, 4.69) is 50.2 Å². The first-order valence-electron chi connectivity index (χ1n) is 10.4. The quantitative estimate of drug-likeness (QED) is 0.309. The molecule has 0 spiro atoms. The molecule has 0 amide bonds. The zero-order chi connectivity index (χ0) is 21.2. The van der Waals surface area contributed by atoms with E-state index in [1.54, 1.807) is 0 Å². The molecule has 150 valence electrons. The van der Waals surface area contributed by atoms with Crippen molar-refractivity contribution < 1.29 is 9.47 Å². The SMILES string of the molecule is CC1(C)c2ccccc2-c2cc3c(cc21)Oc1ccc(-c2cccc(C=N)c2)cc1O3. The molecule has 0 atom stereocenters. The molecule has 1 N–H and O–H groups in total. The molecule has 2 aliphatic rings. The van der Waals surface area contributed by atoms with Crippen molar-refractivity contribution in [2.45, 2.75) is 19.3 Å². The largest absolute Gasteiger partial charge is 0.450 e. The number of hydrogen-bond acceptors (Lipinski definition) is 3. The van der Waals surface area contributed by atoms with Crippen LogP contribution in [0.3, 0.4) is 0 Å². The van der Waals surface area contributed by atoms with Gasteiger partial charge in [-0.05, 0) is 69.3 Å². The average Bonchev–Trinajstić information content (AvgIpc) is 3.02. The fourth-order valence-electron chi connectivity index (χ4n) is 4.76. The van der Waals surface area contributed by atoms with E-state index < -0.39 is 0 Å². The summed E-state index contributed by atoms with van der Waals surface area (Å²) in [5, 5.41) is 7.51. The second-order valence-electron chi connectivity index (χ2n) is 8.65. The van der Waals surface area contributed by atoms with Crippen LogP contribution in [0.2, 0.25) is 0 Å². The first-order chi connectivity index (χ1) is 15.0. The number of ether oxygens (including phenoxy) is 2. The second kappa shape index (κ2) is 6.32. The van der Waals surface area contributed by atoms with Gasteiger partial charge in [0, 0.05) is 11.6 Å². The van der Waals surface area contributed by atoms with Crippen molar-refractivity contribution in [2.75, 3.05) is 0 Å². The number of fused-ring (bicyclic) bond motifs is 5. The van der Waals surface area contributed by atoms with Crippen LogP contribution < -0.4 is 9.47 Å². The van der Waals surface area contributed by atoms with E-state index in [4.69, 9.17) is 14.9 Å². The van der Waals surface area contributed by atoms with Gasteiger partial charge in [-0.3, -0.25) is 0 Å². The number of rotatable bonds is 2. The Morgan fingerprint density at radius 3 is 2.26 bits per heavy atom. The molecule has 3 nitrogen and oxygen atoms in total. The second-order valence-corrected chi connectivity index (χ2v) is 8.65. The van der Waals surface area contributed by atoms with Crippen LogP contribution in [0.5, 0.6) is 23.0 Å². The van der Waals surface area contributed by atoms with E-state index in [9.17, 15) is 0 Å². The minimum absolute atomic E-state index is 0.0751. The van der Waals surface area contributed by atoms with Crippen molar-refractivity contribution in [3.8, 4) is 45.3 Å². The molecule has 31 heavy (non-hydrogen) atoms. The Kier molecular flexibility index (Phi) is 3.66. The lowest BCUT2D eigenvalue weighted by molar-refractivity contribution is 0.359. The molecule has 6 rings (SSSR count). The third-order valence-corrected chi connectivity index (χ3v) is 6.42. The van der Waals surface area contributed by atoms with Crippen LogP contribution >= 0.6 is 0 Å². The highest BCUT2D eigenvalue weighted by Gasteiger charge is 2.37. The maximum absolute atomic E-state index is 7.51. The maximum Gasteiger partial charge on any atom is 0.170 e. The van der Waals surface area contributed by atoms with Crippen LogP contribution in [0.1, 0.15) is 30.5 Å². The van der Waals surface area contributed by atoms with Crippen LogP contribution in [0.15, 0.2) is 78.9 Å². The van der Waals surface area contributed by atoms with Gasteiger partial charge in [0.2, 0.25) is 0 Å².